The van der Waals surface area contributed by atoms with Gasteiger partial charge in [-0.25, -0.2) is 4.79 Å². The number of anilines is 1. The summed E-state index contributed by atoms with van der Waals surface area (Å²) in [5.41, 5.74) is -0.994. The van der Waals surface area contributed by atoms with Crippen molar-refractivity contribution in [3.63, 3.8) is 0 Å². The number of nitrogens with one attached hydrogen (secondary N) is 2. The van der Waals surface area contributed by atoms with Crippen LogP contribution in [-0.4, -0.2) is 45.7 Å². The van der Waals surface area contributed by atoms with Crippen LogP contribution in [0.1, 0.15) is 31.9 Å². The highest BCUT2D eigenvalue weighted by Crippen LogP contribution is 2.29. The lowest BCUT2D eigenvalue weighted by molar-refractivity contribution is -0.384. The summed E-state index contributed by atoms with van der Waals surface area (Å²) in [6.07, 6.45) is -1.12. The maximum Gasteiger partial charge on any atom is 0.327 e. The van der Waals surface area contributed by atoms with Crippen molar-refractivity contribution >= 4 is 46.8 Å². The number of halogens is 1. The van der Waals surface area contributed by atoms with Crippen LogP contribution in [0.4, 0.5) is 16.2 Å². The standard InChI is InChI=1S/C22H21ClN4O7/c1-3-22(2)20(30)26(21(31)25-22)12-17(28)34-18(13-7-5-4-6-8-13)19(29)24-16-10-9-14(27(32)33)11-15(16)23/h4-11,18H,3,12H2,1-2H3,(H,24,29)(H,25,31). The van der Waals surface area contributed by atoms with Gasteiger partial charge < -0.3 is 15.4 Å². The van der Waals surface area contributed by atoms with Crippen LogP contribution in [0.2, 0.25) is 5.02 Å². The van der Waals surface area contributed by atoms with Gasteiger partial charge in [-0.3, -0.25) is 29.4 Å². The third-order valence-corrected chi connectivity index (χ3v) is 5.66. The highest BCUT2D eigenvalue weighted by molar-refractivity contribution is 6.34. The number of rotatable bonds is 8. The second kappa shape index (κ2) is 9.87. The summed E-state index contributed by atoms with van der Waals surface area (Å²) in [5, 5.41) is 15.8. The summed E-state index contributed by atoms with van der Waals surface area (Å²) >= 11 is 6.04. The number of urea groups is 1. The zero-order chi connectivity index (χ0) is 25.0. The number of hydrogen-bond acceptors (Lipinski definition) is 7. The van der Waals surface area contributed by atoms with Gasteiger partial charge in [0.15, 0.2) is 0 Å². The van der Waals surface area contributed by atoms with Crippen LogP contribution in [0.15, 0.2) is 48.5 Å². The van der Waals surface area contributed by atoms with E-state index in [1.54, 1.807) is 44.2 Å². The Balaban J connectivity index is 1.79. The summed E-state index contributed by atoms with van der Waals surface area (Å²) in [4.78, 5) is 61.4. The lowest BCUT2D eigenvalue weighted by atomic mass is 9.99. The number of amides is 4. The van der Waals surface area contributed by atoms with E-state index in [0.29, 0.717) is 12.0 Å². The Morgan fingerprint density at radius 1 is 1.24 bits per heavy atom. The van der Waals surface area contributed by atoms with Crippen LogP contribution in [0.5, 0.6) is 0 Å². The number of nitro benzene ring substituents is 1. The molecule has 2 atom stereocenters. The fraction of sp³-hybridized carbons (Fsp3) is 0.273. The van der Waals surface area contributed by atoms with E-state index in [1.807, 2.05) is 0 Å². The minimum atomic E-state index is -1.45. The van der Waals surface area contributed by atoms with Crippen LogP contribution < -0.4 is 10.6 Å². The van der Waals surface area contributed by atoms with E-state index in [4.69, 9.17) is 16.3 Å². The molecule has 11 nitrogen and oxygen atoms in total. The number of carbonyl (C=O) groups excluding carboxylic acids is 4. The second-order valence-electron chi connectivity index (χ2n) is 7.70. The van der Waals surface area contributed by atoms with E-state index >= 15 is 0 Å². The maximum atomic E-state index is 13.0. The third kappa shape index (κ3) is 5.15. The number of esters is 1. The Labute approximate surface area is 199 Å². The van der Waals surface area contributed by atoms with E-state index in [0.717, 1.165) is 17.0 Å². The Bertz CT molecular complexity index is 1160. The molecule has 1 aliphatic heterocycles. The molecule has 0 saturated carbocycles. The molecular weight excluding hydrogens is 468 g/mol. The smallest absolute Gasteiger partial charge is 0.327 e. The van der Waals surface area contributed by atoms with Crippen LogP contribution in [0.25, 0.3) is 0 Å². The average Bonchev–Trinajstić information content (AvgIpc) is 3.02. The van der Waals surface area contributed by atoms with Gasteiger partial charge in [0.05, 0.1) is 15.6 Å². The molecule has 178 valence electrons. The van der Waals surface area contributed by atoms with Crippen molar-refractivity contribution in [2.45, 2.75) is 31.9 Å². The summed E-state index contributed by atoms with van der Waals surface area (Å²) in [7, 11) is 0. The first-order valence-electron chi connectivity index (χ1n) is 10.2. The molecule has 1 saturated heterocycles. The monoisotopic (exact) mass is 488 g/mol. The fourth-order valence-electron chi connectivity index (χ4n) is 3.25. The molecule has 2 N–H and O–H groups in total. The second-order valence-corrected chi connectivity index (χ2v) is 8.11. The minimum Gasteiger partial charge on any atom is -0.446 e. The molecular formula is C22H21ClN4O7. The Morgan fingerprint density at radius 2 is 1.91 bits per heavy atom. The zero-order valence-corrected chi connectivity index (χ0v) is 19.0. The topological polar surface area (TPSA) is 148 Å². The minimum absolute atomic E-state index is 0.0713. The van der Waals surface area contributed by atoms with Gasteiger partial charge >= 0.3 is 12.0 Å². The average molecular weight is 489 g/mol. The van der Waals surface area contributed by atoms with Gasteiger partial charge in [0, 0.05) is 17.7 Å². The number of non-ortho nitro benzene ring substituents is 1. The predicted molar refractivity (Wildman–Crippen MR) is 121 cm³/mol. The molecule has 0 aliphatic carbocycles. The van der Waals surface area contributed by atoms with Gasteiger partial charge in [-0.1, -0.05) is 48.9 Å². The number of benzene rings is 2. The number of imide groups is 1. The first-order valence-corrected chi connectivity index (χ1v) is 10.6. The van der Waals surface area contributed by atoms with Crippen LogP contribution in [-0.2, 0) is 19.1 Å². The molecule has 0 aromatic heterocycles. The molecule has 4 amide bonds. The molecule has 2 unspecified atom stereocenters. The van der Waals surface area contributed by atoms with Crippen molar-refractivity contribution in [1.82, 2.24) is 10.2 Å². The van der Waals surface area contributed by atoms with Gasteiger partial charge in [0.25, 0.3) is 17.5 Å². The molecule has 12 heteroatoms. The van der Waals surface area contributed by atoms with Crippen LogP contribution in [0.3, 0.4) is 0 Å². The Hall–Kier alpha value is -3.99. The van der Waals surface area contributed by atoms with E-state index in [1.165, 1.54) is 6.07 Å². The first kappa shape index (κ1) is 24.6. The van der Waals surface area contributed by atoms with Crippen LogP contribution in [0, 0.1) is 10.1 Å². The van der Waals surface area contributed by atoms with Crippen molar-refractivity contribution in [2.75, 3.05) is 11.9 Å². The molecule has 1 fully saturated rings. The van der Waals surface area contributed by atoms with Crippen LogP contribution >= 0.6 is 11.6 Å². The van der Waals surface area contributed by atoms with E-state index in [-0.39, 0.29) is 16.4 Å². The van der Waals surface area contributed by atoms with Crippen molar-refractivity contribution in [2.24, 2.45) is 0 Å². The first-order chi connectivity index (χ1) is 16.1. The fourth-order valence-corrected chi connectivity index (χ4v) is 3.47. The summed E-state index contributed by atoms with van der Waals surface area (Å²) in [5.74, 6) is -2.34. The quantitative estimate of drug-likeness (QED) is 0.251. The van der Waals surface area contributed by atoms with Gasteiger partial charge in [-0.05, 0) is 19.4 Å². The van der Waals surface area contributed by atoms with Crippen molar-refractivity contribution in [3.8, 4) is 0 Å². The Kier molecular flexibility index (Phi) is 7.16. The molecule has 2 aromatic rings. The number of ether oxygens (including phenoxy) is 1. The largest absolute Gasteiger partial charge is 0.446 e. The number of hydrogen-bond donors (Lipinski definition) is 2. The SMILES string of the molecule is CCC1(C)NC(=O)N(CC(=O)OC(C(=O)Nc2ccc([N+](=O)[O-])cc2Cl)c2ccccc2)C1=O. The molecule has 1 aliphatic rings. The highest BCUT2D eigenvalue weighted by atomic mass is 35.5. The van der Waals surface area contributed by atoms with E-state index in [2.05, 4.69) is 10.6 Å². The van der Waals surface area contributed by atoms with Crippen molar-refractivity contribution < 1.29 is 28.8 Å². The molecule has 0 spiro atoms. The number of carbonyl (C=O) groups is 4. The van der Waals surface area contributed by atoms with Crippen molar-refractivity contribution in [1.29, 1.82) is 0 Å². The summed E-state index contributed by atoms with van der Waals surface area (Å²) in [6, 6.07) is 10.8. The molecule has 0 bridgehead atoms. The lowest BCUT2D eigenvalue weighted by Gasteiger charge is -2.21. The maximum absolute atomic E-state index is 13.0. The van der Waals surface area contributed by atoms with E-state index in [9.17, 15) is 29.3 Å². The normalized spacial score (nSPS) is 18.3. The Morgan fingerprint density at radius 3 is 2.47 bits per heavy atom. The molecule has 2 aromatic carbocycles. The molecule has 34 heavy (non-hydrogen) atoms. The van der Waals surface area contributed by atoms with E-state index < -0.39 is 46.9 Å². The third-order valence-electron chi connectivity index (χ3n) is 5.35. The molecule has 3 rings (SSSR count). The van der Waals surface area contributed by atoms with Gasteiger partial charge in [0.2, 0.25) is 6.10 Å². The molecule has 0 radical (unpaired) electrons. The predicted octanol–water partition coefficient (Wildman–Crippen LogP) is 3.19. The lowest BCUT2D eigenvalue weighted by Crippen LogP contribution is -2.43. The van der Waals surface area contributed by atoms with Crippen molar-refractivity contribution in [3.05, 3.63) is 69.2 Å². The summed E-state index contributed by atoms with van der Waals surface area (Å²) in [6.45, 7) is 2.58. The number of nitro groups is 1. The van der Waals surface area contributed by atoms with Gasteiger partial charge in [-0.15, -0.1) is 0 Å². The highest BCUT2D eigenvalue weighted by Gasteiger charge is 2.47. The summed E-state index contributed by atoms with van der Waals surface area (Å²) < 4.78 is 5.36. The zero-order valence-electron chi connectivity index (χ0n) is 18.2. The van der Waals surface area contributed by atoms with Gasteiger partial charge in [-0.2, -0.15) is 0 Å². The molecule has 1 heterocycles. The van der Waals surface area contributed by atoms with Gasteiger partial charge in [0.1, 0.15) is 12.1 Å². The number of nitrogens with zero attached hydrogens (tertiary/aromatic N) is 2.